The van der Waals surface area contributed by atoms with Crippen LogP contribution in [0.2, 0.25) is 0 Å². The van der Waals surface area contributed by atoms with Crippen LogP contribution in [0.3, 0.4) is 0 Å². The Morgan fingerprint density at radius 2 is 1.95 bits per heavy atom. The Hall–Kier alpha value is -1.72. The smallest absolute Gasteiger partial charge is 0.0742 e. The Bertz CT molecular complexity index is 774. The zero-order valence-corrected chi connectivity index (χ0v) is 13.6. The van der Waals surface area contributed by atoms with Gasteiger partial charge in [0.1, 0.15) is 0 Å². The number of rotatable bonds is 3. The maximum Gasteiger partial charge on any atom is 0.0742 e. The zero-order valence-electron chi connectivity index (χ0n) is 12.0. The number of aromatic nitrogens is 3. The van der Waals surface area contributed by atoms with E-state index in [1.165, 1.54) is 0 Å². The molecule has 0 bridgehead atoms. The molecule has 0 aliphatic heterocycles. The minimum Gasteiger partial charge on any atom is -0.319 e. The summed E-state index contributed by atoms with van der Waals surface area (Å²) in [4.78, 5) is 4.40. The number of para-hydroxylation sites is 1. The third-order valence-electron chi connectivity index (χ3n) is 3.59. The lowest BCUT2D eigenvalue weighted by atomic mass is 10.00. The van der Waals surface area contributed by atoms with Crippen molar-refractivity contribution in [3.05, 3.63) is 58.5 Å². The second-order valence-corrected chi connectivity index (χ2v) is 6.17. The molecule has 0 aliphatic carbocycles. The predicted molar refractivity (Wildman–Crippen MR) is 88.1 cm³/mol. The van der Waals surface area contributed by atoms with Gasteiger partial charge in [0, 0.05) is 17.6 Å². The SMILES string of the molecule is CC(C)n1ncc(Br)c1C(N)c1ccnc2ccccc12. The number of hydrogen-bond acceptors (Lipinski definition) is 3. The van der Waals surface area contributed by atoms with Crippen molar-refractivity contribution in [2.75, 3.05) is 0 Å². The van der Waals surface area contributed by atoms with E-state index in [2.05, 4.69) is 45.9 Å². The van der Waals surface area contributed by atoms with Gasteiger partial charge in [0.05, 0.1) is 27.9 Å². The number of benzene rings is 1. The number of fused-ring (bicyclic) bond motifs is 1. The summed E-state index contributed by atoms with van der Waals surface area (Å²) in [6, 6.07) is 10.0. The van der Waals surface area contributed by atoms with Crippen molar-refractivity contribution < 1.29 is 0 Å². The number of nitrogens with two attached hydrogens (primary N) is 1. The molecule has 4 nitrogen and oxygen atoms in total. The second kappa shape index (κ2) is 5.58. The van der Waals surface area contributed by atoms with Gasteiger partial charge < -0.3 is 5.73 Å². The van der Waals surface area contributed by atoms with E-state index in [1.54, 1.807) is 6.20 Å². The Morgan fingerprint density at radius 1 is 1.19 bits per heavy atom. The van der Waals surface area contributed by atoms with E-state index in [0.717, 1.165) is 26.6 Å². The van der Waals surface area contributed by atoms with E-state index < -0.39 is 0 Å². The molecule has 2 aromatic heterocycles. The lowest BCUT2D eigenvalue weighted by Gasteiger charge is -2.19. The first-order valence-electron chi connectivity index (χ1n) is 6.91. The van der Waals surface area contributed by atoms with Crippen molar-refractivity contribution in [1.82, 2.24) is 14.8 Å². The molecular weight excluding hydrogens is 328 g/mol. The van der Waals surface area contributed by atoms with E-state index in [9.17, 15) is 0 Å². The normalized spacial score (nSPS) is 13.0. The van der Waals surface area contributed by atoms with Crippen molar-refractivity contribution in [2.45, 2.75) is 25.9 Å². The van der Waals surface area contributed by atoms with Crippen LogP contribution in [-0.4, -0.2) is 14.8 Å². The molecule has 3 aromatic rings. The average molecular weight is 345 g/mol. The van der Waals surface area contributed by atoms with E-state index in [1.807, 2.05) is 35.1 Å². The van der Waals surface area contributed by atoms with Gasteiger partial charge in [0.25, 0.3) is 0 Å². The van der Waals surface area contributed by atoms with Crippen molar-refractivity contribution in [3.8, 4) is 0 Å². The van der Waals surface area contributed by atoms with E-state index in [4.69, 9.17) is 5.73 Å². The fourth-order valence-electron chi connectivity index (χ4n) is 2.59. The highest BCUT2D eigenvalue weighted by atomic mass is 79.9. The molecule has 108 valence electrons. The van der Waals surface area contributed by atoms with Gasteiger partial charge >= 0.3 is 0 Å². The molecule has 0 amide bonds. The van der Waals surface area contributed by atoms with E-state index in [-0.39, 0.29) is 12.1 Å². The summed E-state index contributed by atoms with van der Waals surface area (Å²) in [7, 11) is 0. The van der Waals surface area contributed by atoms with Crippen molar-refractivity contribution in [2.24, 2.45) is 5.73 Å². The van der Waals surface area contributed by atoms with Crippen LogP contribution >= 0.6 is 15.9 Å². The molecule has 0 spiro atoms. The quantitative estimate of drug-likeness (QED) is 0.785. The minimum absolute atomic E-state index is 0.253. The molecular formula is C16H17BrN4. The van der Waals surface area contributed by atoms with Crippen LogP contribution in [0.15, 0.2) is 47.2 Å². The molecule has 2 heterocycles. The molecule has 1 atom stereocenters. The van der Waals surface area contributed by atoms with Gasteiger partial charge in [0.2, 0.25) is 0 Å². The van der Waals surface area contributed by atoms with Gasteiger partial charge in [0.15, 0.2) is 0 Å². The highest BCUT2D eigenvalue weighted by Crippen LogP contribution is 2.31. The Kier molecular flexibility index (Phi) is 3.78. The van der Waals surface area contributed by atoms with Crippen molar-refractivity contribution in [3.63, 3.8) is 0 Å². The van der Waals surface area contributed by atoms with Crippen LogP contribution in [0.4, 0.5) is 0 Å². The molecule has 0 saturated heterocycles. The first-order valence-corrected chi connectivity index (χ1v) is 7.71. The largest absolute Gasteiger partial charge is 0.319 e. The number of halogens is 1. The molecule has 3 rings (SSSR count). The first-order chi connectivity index (χ1) is 10.1. The monoisotopic (exact) mass is 344 g/mol. The van der Waals surface area contributed by atoms with Crippen molar-refractivity contribution >= 4 is 26.8 Å². The molecule has 1 unspecified atom stereocenters. The van der Waals surface area contributed by atoms with E-state index in [0.29, 0.717) is 0 Å². The van der Waals surface area contributed by atoms with Crippen LogP contribution in [0, 0.1) is 0 Å². The fraction of sp³-hybridized carbons (Fsp3) is 0.250. The Morgan fingerprint density at radius 3 is 2.71 bits per heavy atom. The lowest BCUT2D eigenvalue weighted by Crippen LogP contribution is -2.19. The van der Waals surface area contributed by atoms with E-state index >= 15 is 0 Å². The van der Waals surface area contributed by atoms with Crippen LogP contribution < -0.4 is 5.73 Å². The Balaban J connectivity index is 2.17. The highest BCUT2D eigenvalue weighted by Gasteiger charge is 2.21. The number of nitrogens with zero attached hydrogens (tertiary/aromatic N) is 3. The summed E-state index contributed by atoms with van der Waals surface area (Å²) in [5.74, 6) is 0. The zero-order chi connectivity index (χ0) is 15.0. The summed E-state index contributed by atoms with van der Waals surface area (Å²) in [6.45, 7) is 4.20. The van der Waals surface area contributed by atoms with Gasteiger partial charge in [-0.2, -0.15) is 5.10 Å². The van der Waals surface area contributed by atoms with Gasteiger partial charge in [-0.05, 0) is 47.5 Å². The predicted octanol–water partition coefficient (Wildman–Crippen LogP) is 3.82. The van der Waals surface area contributed by atoms with Gasteiger partial charge in [-0.25, -0.2) is 0 Å². The Labute approximate surface area is 132 Å². The summed E-state index contributed by atoms with van der Waals surface area (Å²) in [5.41, 5.74) is 9.55. The molecule has 21 heavy (non-hydrogen) atoms. The molecule has 2 N–H and O–H groups in total. The highest BCUT2D eigenvalue weighted by molar-refractivity contribution is 9.10. The fourth-order valence-corrected chi connectivity index (χ4v) is 3.11. The summed E-state index contributed by atoms with van der Waals surface area (Å²) < 4.78 is 2.90. The van der Waals surface area contributed by atoms with Crippen LogP contribution in [0.25, 0.3) is 10.9 Å². The van der Waals surface area contributed by atoms with Gasteiger partial charge in [-0.1, -0.05) is 18.2 Å². The van der Waals surface area contributed by atoms with Gasteiger partial charge in [-0.15, -0.1) is 0 Å². The molecule has 0 saturated carbocycles. The number of pyridine rings is 1. The summed E-state index contributed by atoms with van der Waals surface area (Å²) in [6.07, 6.45) is 3.61. The van der Waals surface area contributed by atoms with Crippen LogP contribution in [0.1, 0.15) is 37.2 Å². The first kappa shape index (κ1) is 14.2. The summed E-state index contributed by atoms with van der Waals surface area (Å²) >= 11 is 3.57. The van der Waals surface area contributed by atoms with Crippen LogP contribution in [0.5, 0.6) is 0 Å². The maximum absolute atomic E-state index is 6.55. The lowest BCUT2D eigenvalue weighted by molar-refractivity contribution is 0.499. The third-order valence-corrected chi connectivity index (χ3v) is 4.20. The molecule has 0 fully saturated rings. The number of hydrogen-bond donors (Lipinski definition) is 1. The average Bonchev–Trinajstić information content (AvgIpc) is 2.88. The molecule has 0 radical (unpaired) electrons. The molecule has 0 aliphatic rings. The van der Waals surface area contributed by atoms with Crippen molar-refractivity contribution in [1.29, 1.82) is 0 Å². The third kappa shape index (κ3) is 2.47. The topological polar surface area (TPSA) is 56.7 Å². The maximum atomic E-state index is 6.55. The summed E-state index contributed by atoms with van der Waals surface area (Å²) in [5, 5.41) is 5.50. The van der Waals surface area contributed by atoms with Gasteiger partial charge in [-0.3, -0.25) is 9.67 Å². The minimum atomic E-state index is -0.253. The second-order valence-electron chi connectivity index (χ2n) is 5.31. The molecule has 5 heteroatoms. The standard InChI is InChI=1S/C16H17BrN4/c1-10(2)21-16(13(17)9-20-21)15(18)12-7-8-19-14-6-4-3-5-11(12)14/h3-10,15H,18H2,1-2H3. The van der Waals surface area contributed by atoms with Crippen LogP contribution in [-0.2, 0) is 0 Å². The molecule has 1 aromatic carbocycles.